The molecule has 1 aliphatic carbocycles. The van der Waals surface area contributed by atoms with Crippen LogP contribution in [0.3, 0.4) is 0 Å². The van der Waals surface area contributed by atoms with Crippen LogP contribution in [0.2, 0.25) is 0 Å². The summed E-state index contributed by atoms with van der Waals surface area (Å²) >= 11 is 1.84. The molecule has 1 N–H and O–H groups in total. The number of nitrogens with zero attached hydrogens (tertiary/aromatic N) is 1. The number of thioether (sulfide) groups is 1. The third-order valence-corrected chi connectivity index (χ3v) is 7.87. The second-order valence-corrected chi connectivity index (χ2v) is 10.7. The average molecular weight is 557 g/mol. The smallest absolute Gasteiger partial charge is 0.328 e. The predicted octanol–water partition coefficient (Wildman–Crippen LogP) is 5.41. The zero-order valence-electron chi connectivity index (χ0n) is 23.6. The minimum absolute atomic E-state index is 0.0215. The molecule has 0 heterocycles. The Balaban J connectivity index is 1.81. The van der Waals surface area contributed by atoms with Gasteiger partial charge in [0, 0.05) is 18.1 Å². The van der Waals surface area contributed by atoms with E-state index in [0.717, 1.165) is 77.4 Å². The van der Waals surface area contributed by atoms with Gasteiger partial charge < -0.3 is 24.4 Å². The number of esters is 1. The molecule has 8 nitrogen and oxygen atoms in total. The van der Waals surface area contributed by atoms with Crippen LogP contribution in [0.25, 0.3) is 11.1 Å². The van der Waals surface area contributed by atoms with Crippen LogP contribution in [0.5, 0.6) is 11.5 Å². The van der Waals surface area contributed by atoms with Crippen LogP contribution in [0.1, 0.15) is 50.2 Å². The molecule has 1 atom stereocenters. The van der Waals surface area contributed by atoms with E-state index in [-0.39, 0.29) is 12.3 Å². The summed E-state index contributed by atoms with van der Waals surface area (Å²) in [6.45, 7) is 2.13. The summed E-state index contributed by atoms with van der Waals surface area (Å²) in [5.74, 6) is 2.49. The molecule has 2 aromatic rings. The van der Waals surface area contributed by atoms with Crippen LogP contribution in [0, 0.1) is 5.92 Å². The van der Waals surface area contributed by atoms with Crippen molar-refractivity contribution in [2.24, 2.45) is 11.1 Å². The summed E-state index contributed by atoms with van der Waals surface area (Å²) in [5.41, 5.74) is 4.12. The van der Waals surface area contributed by atoms with Crippen molar-refractivity contribution >= 4 is 29.4 Å². The minimum Gasteiger partial charge on any atom is -0.496 e. The number of hydrogen-bond donors (Lipinski definition) is 1. The van der Waals surface area contributed by atoms with Crippen molar-refractivity contribution in [2.75, 3.05) is 34.2 Å². The van der Waals surface area contributed by atoms with Crippen molar-refractivity contribution in [1.29, 1.82) is 0 Å². The average Bonchev–Trinajstić information content (AvgIpc) is 2.98. The Bertz CT molecular complexity index is 1100. The van der Waals surface area contributed by atoms with Gasteiger partial charge in [-0.15, -0.1) is 0 Å². The first-order valence-electron chi connectivity index (χ1n) is 13.4. The van der Waals surface area contributed by atoms with E-state index in [1.807, 2.05) is 48.2 Å². The van der Waals surface area contributed by atoms with E-state index in [9.17, 15) is 9.59 Å². The number of methoxy groups -OCH3 is 3. The first kappa shape index (κ1) is 30.3. The molecule has 0 bridgehead atoms. The normalized spacial score (nSPS) is 14.8. The number of amides is 1. The minimum atomic E-state index is -0.863. The highest BCUT2D eigenvalue weighted by Gasteiger charge is 2.30. The Morgan fingerprint density at radius 2 is 1.62 bits per heavy atom. The maximum atomic E-state index is 13.2. The van der Waals surface area contributed by atoms with E-state index in [0.29, 0.717) is 5.71 Å². The predicted molar refractivity (Wildman–Crippen MR) is 155 cm³/mol. The molecule has 0 aliphatic heterocycles. The second-order valence-electron chi connectivity index (χ2n) is 9.46. The van der Waals surface area contributed by atoms with Gasteiger partial charge in [-0.3, -0.25) is 4.79 Å². The zero-order valence-corrected chi connectivity index (χ0v) is 24.4. The molecule has 1 fully saturated rings. The Kier molecular flexibility index (Phi) is 12.0. The maximum Gasteiger partial charge on any atom is 0.328 e. The van der Waals surface area contributed by atoms with Gasteiger partial charge in [0.25, 0.3) is 5.91 Å². The fraction of sp³-hybridized carbons (Fsp3) is 0.500. The van der Waals surface area contributed by atoms with Crippen molar-refractivity contribution in [2.45, 2.75) is 57.2 Å². The number of rotatable bonds is 13. The van der Waals surface area contributed by atoms with Crippen LogP contribution in [0.15, 0.2) is 41.6 Å². The lowest BCUT2D eigenvalue weighted by Gasteiger charge is -2.24. The van der Waals surface area contributed by atoms with Gasteiger partial charge in [-0.1, -0.05) is 55.6 Å². The molecule has 1 saturated carbocycles. The molecule has 3 rings (SSSR count). The Labute approximate surface area is 235 Å². The summed E-state index contributed by atoms with van der Waals surface area (Å²) in [5, 5.41) is 6.86. The SMILES string of the molecule is CCSCc1cc(OC)c(-c2ccc(C[C@H](NC(=O)C(=NOC)C3CCCCC3)C(=O)OC)cc2)c(OC)c1. The molecule has 0 unspecified atom stereocenters. The van der Waals surface area contributed by atoms with Gasteiger partial charge in [0.15, 0.2) is 0 Å². The highest BCUT2D eigenvalue weighted by atomic mass is 32.2. The first-order valence-corrected chi connectivity index (χ1v) is 14.5. The standard InChI is InChI=1S/C30H40N2O6S/c1-6-39-19-21-17-25(35-2)27(26(18-21)36-3)22-14-12-20(13-15-22)16-24(30(34)37-4)31-29(33)28(32-38-5)23-10-8-7-9-11-23/h12-15,17-18,23-24H,6-11,16,19H2,1-5H3,(H,31,33)/t24-/m0/s1. The second kappa shape index (κ2) is 15.4. The largest absolute Gasteiger partial charge is 0.496 e. The molecule has 0 spiro atoms. The number of nitrogens with one attached hydrogen (secondary N) is 1. The topological polar surface area (TPSA) is 95.5 Å². The number of carbonyl (C=O) groups excluding carboxylic acids is 2. The quantitative estimate of drug-likeness (QED) is 0.200. The van der Waals surface area contributed by atoms with Gasteiger partial charge in [-0.25, -0.2) is 4.79 Å². The highest BCUT2D eigenvalue weighted by Crippen LogP contribution is 2.40. The molecule has 212 valence electrons. The van der Waals surface area contributed by atoms with Crippen LogP contribution in [-0.4, -0.2) is 57.8 Å². The molecule has 39 heavy (non-hydrogen) atoms. The van der Waals surface area contributed by atoms with Gasteiger partial charge in [0.05, 0.1) is 26.9 Å². The summed E-state index contributed by atoms with van der Waals surface area (Å²) in [7, 11) is 6.05. The number of carbonyl (C=O) groups is 2. The lowest BCUT2D eigenvalue weighted by Crippen LogP contribution is -2.47. The number of oxime groups is 1. The third-order valence-electron chi connectivity index (χ3n) is 6.93. The Morgan fingerprint density at radius 3 is 2.15 bits per heavy atom. The van der Waals surface area contributed by atoms with E-state index in [2.05, 4.69) is 17.4 Å². The van der Waals surface area contributed by atoms with Crippen molar-refractivity contribution < 1.29 is 28.6 Å². The van der Waals surface area contributed by atoms with Gasteiger partial charge in [-0.05, 0) is 47.4 Å². The van der Waals surface area contributed by atoms with Gasteiger partial charge in [0.1, 0.15) is 30.4 Å². The molecule has 0 radical (unpaired) electrons. The first-order chi connectivity index (χ1) is 18.9. The van der Waals surface area contributed by atoms with E-state index in [1.165, 1.54) is 14.2 Å². The number of ether oxygens (including phenoxy) is 3. The van der Waals surface area contributed by atoms with Crippen molar-refractivity contribution in [1.82, 2.24) is 5.32 Å². The van der Waals surface area contributed by atoms with Crippen LogP contribution < -0.4 is 14.8 Å². The molecule has 9 heteroatoms. The maximum absolute atomic E-state index is 13.2. The van der Waals surface area contributed by atoms with Crippen LogP contribution in [0.4, 0.5) is 0 Å². The van der Waals surface area contributed by atoms with Crippen molar-refractivity contribution in [3.8, 4) is 22.6 Å². The molecule has 0 aromatic heterocycles. The van der Waals surface area contributed by atoms with Crippen molar-refractivity contribution in [3.63, 3.8) is 0 Å². The Morgan fingerprint density at radius 1 is 0.974 bits per heavy atom. The van der Waals surface area contributed by atoms with E-state index < -0.39 is 17.9 Å². The number of hydrogen-bond acceptors (Lipinski definition) is 8. The molecule has 0 saturated heterocycles. The summed E-state index contributed by atoms with van der Waals surface area (Å²) in [6.07, 6.45) is 5.27. The molecule has 2 aromatic carbocycles. The summed E-state index contributed by atoms with van der Waals surface area (Å²) in [6, 6.07) is 11.0. The lowest BCUT2D eigenvalue weighted by atomic mass is 9.85. The molecular weight excluding hydrogens is 516 g/mol. The molecular formula is C30H40N2O6S. The summed E-state index contributed by atoms with van der Waals surface area (Å²) in [4.78, 5) is 30.8. The third kappa shape index (κ3) is 8.14. The van der Waals surface area contributed by atoms with Gasteiger partial charge >= 0.3 is 5.97 Å². The monoisotopic (exact) mass is 556 g/mol. The van der Waals surface area contributed by atoms with E-state index in [1.54, 1.807) is 14.2 Å². The summed E-state index contributed by atoms with van der Waals surface area (Å²) < 4.78 is 16.4. The van der Waals surface area contributed by atoms with Gasteiger partial charge in [-0.2, -0.15) is 11.8 Å². The number of benzene rings is 2. The zero-order chi connectivity index (χ0) is 28.2. The van der Waals surface area contributed by atoms with Crippen LogP contribution >= 0.6 is 11.8 Å². The molecule has 1 aliphatic rings. The fourth-order valence-corrected chi connectivity index (χ4v) is 5.55. The lowest BCUT2D eigenvalue weighted by molar-refractivity contribution is -0.144. The molecule has 1 amide bonds. The van der Waals surface area contributed by atoms with Crippen molar-refractivity contribution in [3.05, 3.63) is 47.5 Å². The highest BCUT2D eigenvalue weighted by molar-refractivity contribution is 7.98. The van der Waals surface area contributed by atoms with E-state index >= 15 is 0 Å². The Hall–Kier alpha value is -3.20. The fourth-order valence-electron chi connectivity index (χ4n) is 4.94. The van der Waals surface area contributed by atoms with Crippen LogP contribution in [-0.2, 0) is 31.3 Å². The van der Waals surface area contributed by atoms with Gasteiger partial charge in [0.2, 0.25) is 0 Å². The van der Waals surface area contributed by atoms with E-state index in [4.69, 9.17) is 19.0 Å².